The molecule has 110 valence electrons. The first-order valence-corrected chi connectivity index (χ1v) is 7.38. The van der Waals surface area contributed by atoms with E-state index in [0.717, 1.165) is 25.6 Å². The Morgan fingerprint density at radius 1 is 1.37 bits per heavy atom. The fourth-order valence-electron chi connectivity index (χ4n) is 3.05. The number of nitrogens with zero attached hydrogens (tertiary/aromatic N) is 2. The number of rotatable bonds is 4. The van der Waals surface area contributed by atoms with Crippen molar-refractivity contribution in [2.75, 3.05) is 32.7 Å². The molecule has 0 spiro atoms. The number of carbonyl (C=O) groups excluding carboxylic acids is 1. The van der Waals surface area contributed by atoms with Gasteiger partial charge in [0.15, 0.2) is 0 Å². The Morgan fingerprint density at radius 2 is 2.16 bits per heavy atom. The highest BCUT2D eigenvalue weighted by Gasteiger charge is 2.40. The molecule has 1 atom stereocenters. The number of hydrogen-bond acceptors (Lipinski definition) is 2. The van der Waals surface area contributed by atoms with E-state index in [1.807, 2.05) is 0 Å². The van der Waals surface area contributed by atoms with Crippen molar-refractivity contribution in [1.82, 2.24) is 9.80 Å². The molecule has 5 heteroatoms. The molecule has 0 aliphatic carbocycles. The van der Waals surface area contributed by atoms with E-state index < -0.39 is 5.92 Å². The molecule has 3 nitrogen and oxygen atoms in total. The standard InChI is InChI=1S/C14H24F2N2O/c1-2-12-4-3-7-17(10-12)8-5-13(19)18-9-6-14(15,16)11-18/h12H,2-11H2,1H3/t12-/m0/s1. The summed E-state index contributed by atoms with van der Waals surface area (Å²) in [6.45, 7) is 4.84. The Labute approximate surface area is 113 Å². The second-order valence-electron chi connectivity index (χ2n) is 5.89. The van der Waals surface area contributed by atoms with Gasteiger partial charge in [-0.25, -0.2) is 8.78 Å². The van der Waals surface area contributed by atoms with Gasteiger partial charge >= 0.3 is 0 Å². The Morgan fingerprint density at radius 3 is 2.79 bits per heavy atom. The van der Waals surface area contributed by atoms with Crippen molar-refractivity contribution in [1.29, 1.82) is 0 Å². The first-order valence-electron chi connectivity index (χ1n) is 7.38. The summed E-state index contributed by atoms with van der Waals surface area (Å²) in [6.07, 6.45) is 3.85. The van der Waals surface area contributed by atoms with Crippen LogP contribution in [0.4, 0.5) is 8.78 Å². The van der Waals surface area contributed by atoms with Gasteiger partial charge in [0.1, 0.15) is 0 Å². The lowest BCUT2D eigenvalue weighted by atomic mass is 9.95. The van der Waals surface area contributed by atoms with Gasteiger partial charge in [0.05, 0.1) is 6.54 Å². The van der Waals surface area contributed by atoms with Crippen LogP contribution in [0.25, 0.3) is 0 Å². The van der Waals surface area contributed by atoms with Crippen molar-refractivity contribution in [2.45, 2.75) is 45.0 Å². The second kappa shape index (κ2) is 6.16. The number of alkyl halides is 2. The van der Waals surface area contributed by atoms with Gasteiger partial charge in [-0.3, -0.25) is 4.79 Å². The highest BCUT2D eigenvalue weighted by molar-refractivity contribution is 5.76. The third kappa shape index (κ3) is 4.13. The average Bonchev–Trinajstić information content (AvgIpc) is 2.76. The summed E-state index contributed by atoms with van der Waals surface area (Å²) in [4.78, 5) is 15.5. The molecule has 2 aliphatic heterocycles. The number of piperidine rings is 1. The quantitative estimate of drug-likeness (QED) is 0.786. The maximum atomic E-state index is 13.0. The van der Waals surface area contributed by atoms with E-state index in [0.29, 0.717) is 6.42 Å². The number of halogens is 2. The minimum Gasteiger partial charge on any atom is -0.336 e. The molecule has 2 fully saturated rings. The van der Waals surface area contributed by atoms with Crippen LogP contribution < -0.4 is 0 Å². The summed E-state index contributed by atoms with van der Waals surface area (Å²) >= 11 is 0. The predicted octanol–water partition coefficient (Wildman–Crippen LogP) is 2.37. The average molecular weight is 274 g/mol. The van der Waals surface area contributed by atoms with Gasteiger partial charge in [0, 0.05) is 32.5 Å². The van der Waals surface area contributed by atoms with Crippen LogP contribution in [-0.2, 0) is 4.79 Å². The zero-order chi connectivity index (χ0) is 13.9. The highest BCUT2D eigenvalue weighted by Crippen LogP contribution is 2.27. The molecule has 2 saturated heterocycles. The first-order chi connectivity index (χ1) is 9.00. The number of likely N-dealkylation sites (tertiary alicyclic amines) is 2. The van der Waals surface area contributed by atoms with E-state index in [2.05, 4.69) is 11.8 Å². The molecular formula is C14H24F2N2O. The molecule has 0 radical (unpaired) electrons. The van der Waals surface area contributed by atoms with E-state index in [1.54, 1.807) is 0 Å². The lowest BCUT2D eigenvalue weighted by molar-refractivity contribution is -0.132. The van der Waals surface area contributed by atoms with Gasteiger partial charge in [0.25, 0.3) is 5.92 Å². The summed E-state index contributed by atoms with van der Waals surface area (Å²) in [5.74, 6) is -2.05. The number of amides is 1. The summed E-state index contributed by atoms with van der Waals surface area (Å²) in [7, 11) is 0. The van der Waals surface area contributed by atoms with Crippen LogP contribution in [0, 0.1) is 5.92 Å². The van der Waals surface area contributed by atoms with Crippen LogP contribution in [-0.4, -0.2) is 54.4 Å². The molecule has 0 aromatic heterocycles. The molecule has 0 bridgehead atoms. The SMILES string of the molecule is CC[C@H]1CCCN(CCC(=O)N2CCC(F)(F)C2)C1. The zero-order valence-corrected chi connectivity index (χ0v) is 11.7. The third-order valence-corrected chi connectivity index (χ3v) is 4.34. The van der Waals surface area contributed by atoms with E-state index in [1.165, 1.54) is 24.2 Å². The lowest BCUT2D eigenvalue weighted by Crippen LogP contribution is -2.39. The molecule has 2 heterocycles. The van der Waals surface area contributed by atoms with Crippen LogP contribution in [0.2, 0.25) is 0 Å². The van der Waals surface area contributed by atoms with Crippen molar-refractivity contribution < 1.29 is 13.6 Å². The van der Waals surface area contributed by atoms with Crippen LogP contribution in [0.1, 0.15) is 39.0 Å². The molecule has 0 unspecified atom stereocenters. The molecule has 1 amide bonds. The van der Waals surface area contributed by atoms with Gasteiger partial charge in [-0.2, -0.15) is 0 Å². The maximum Gasteiger partial charge on any atom is 0.267 e. The van der Waals surface area contributed by atoms with Gasteiger partial charge in [0.2, 0.25) is 5.91 Å². The Balaban J connectivity index is 1.72. The van der Waals surface area contributed by atoms with Gasteiger partial charge in [-0.05, 0) is 25.3 Å². The minimum absolute atomic E-state index is 0.115. The molecule has 0 saturated carbocycles. The van der Waals surface area contributed by atoms with Crippen molar-refractivity contribution in [2.24, 2.45) is 5.92 Å². The smallest absolute Gasteiger partial charge is 0.267 e. The van der Waals surface area contributed by atoms with Crippen LogP contribution in [0.3, 0.4) is 0 Å². The number of hydrogen-bond donors (Lipinski definition) is 0. The van der Waals surface area contributed by atoms with E-state index in [4.69, 9.17) is 0 Å². The largest absolute Gasteiger partial charge is 0.336 e. The molecule has 2 rings (SSSR count). The van der Waals surface area contributed by atoms with Crippen LogP contribution in [0.15, 0.2) is 0 Å². The molecular weight excluding hydrogens is 250 g/mol. The first kappa shape index (κ1) is 14.7. The van der Waals surface area contributed by atoms with Crippen molar-refractivity contribution in [3.05, 3.63) is 0 Å². The van der Waals surface area contributed by atoms with E-state index in [9.17, 15) is 13.6 Å². The summed E-state index contributed by atoms with van der Waals surface area (Å²) < 4.78 is 26.1. The van der Waals surface area contributed by atoms with Gasteiger partial charge < -0.3 is 9.80 Å². The van der Waals surface area contributed by atoms with E-state index in [-0.39, 0.29) is 25.4 Å². The van der Waals surface area contributed by atoms with Crippen LogP contribution >= 0.6 is 0 Å². The van der Waals surface area contributed by atoms with Gasteiger partial charge in [-0.1, -0.05) is 13.3 Å². The summed E-state index contributed by atoms with van der Waals surface area (Å²) in [5.41, 5.74) is 0. The predicted molar refractivity (Wildman–Crippen MR) is 70.2 cm³/mol. The topological polar surface area (TPSA) is 23.6 Å². The zero-order valence-electron chi connectivity index (χ0n) is 11.7. The Bertz CT molecular complexity index is 323. The maximum absolute atomic E-state index is 13.0. The second-order valence-corrected chi connectivity index (χ2v) is 5.89. The van der Waals surface area contributed by atoms with Crippen LogP contribution in [0.5, 0.6) is 0 Å². The van der Waals surface area contributed by atoms with Crippen molar-refractivity contribution in [3.8, 4) is 0 Å². The normalized spacial score (nSPS) is 27.7. The molecule has 2 aliphatic rings. The van der Waals surface area contributed by atoms with Crippen molar-refractivity contribution >= 4 is 5.91 Å². The highest BCUT2D eigenvalue weighted by atomic mass is 19.3. The molecule has 19 heavy (non-hydrogen) atoms. The monoisotopic (exact) mass is 274 g/mol. The molecule has 0 aromatic rings. The summed E-state index contributed by atoms with van der Waals surface area (Å²) in [6, 6.07) is 0. The molecule has 0 aromatic carbocycles. The fourth-order valence-corrected chi connectivity index (χ4v) is 3.05. The molecule has 0 N–H and O–H groups in total. The number of carbonyl (C=O) groups is 1. The Hall–Kier alpha value is -0.710. The van der Waals surface area contributed by atoms with Crippen molar-refractivity contribution in [3.63, 3.8) is 0 Å². The fraction of sp³-hybridized carbons (Fsp3) is 0.929. The summed E-state index contributed by atoms with van der Waals surface area (Å²) in [5, 5.41) is 0. The van der Waals surface area contributed by atoms with Gasteiger partial charge in [-0.15, -0.1) is 0 Å². The van der Waals surface area contributed by atoms with E-state index >= 15 is 0 Å². The Kier molecular flexibility index (Phi) is 4.76. The minimum atomic E-state index is -2.67. The lowest BCUT2D eigenvalue weighted by Gasteiger charge is -2.32. The third-order valence-electron chi connectivity index (χ3n) is 4.34.